The van der Waals surface area contributed by atoms with Gasteiger partial charge in [-0.2, -0.15) is 5.26 Å². The predicted molar refractivity (Wildman–Crippen MR) is 86.2 cm³/mol. The fraction of sp³-hybridized carbons (Fsp3) is 0.562. The van der Waals surface area contributed by atoms with Crippen molar-refractivity contribution in [2.75, 3.05) is 13.1 Å². The van der Waals surface area contributed by atoms with Crippen molar-refractivity contribution < 1.29 is 13.7 Å². The third-order valence-electron chi connectivity index (χ3n) is 3.41. The summed E-state index contributed by atoms with van der Waals surface area (Å²) in [4.78, 5) is 17.9. The van der Waals surface area contributed by atoms with E-state index in [1.807, 2.05) is 26.8 Å². The number of amides is 1. The Morgan fingerprint density at radius 3 is 2.91 bits per heavy atom. The maximum atomic E-state index is 12.8. The molecule has 2 heterocycles. The highest BCUT2D eigenvalue weighted by Gasteiger charge is 2.32. The molecular formula is C16H21N3O3S. The molecule has 2 atom stereocenters. The van der Waals surface area contributed by atoms with Crippen LogP contribution in [0, 0.1) is 11.3 Å². The van der Waals surface area contributed by atoms with Gasteiger partial charge in [-0.05, 0) is 45.7 Å². The molecule has 1 aliphatic rings. The number of piperidine rings is 1. The number of carbonyl (C=O) groups excluding carboxylic acids is 1. The van der Waals surface area contributed by atoms with Gasteiger partial charge in [-0.1, -0.05) is 0 Å². The van der Waals surface area contributed by atoms with Gasteiger partial charge in [0.2, 0.25) is 0 Å². The van der Waals surface area contributed by atoms with Gasteiger partial charge in [0.25, 0.3) is 0 Å². The first-order chi connectivity index (χ1) is 10.8. The molecule has 1 saturated heterocycles. The standard InChI is InChI=1S/C16H21N3O3S/c1-16(2,3)22-15(20)19-9-5-7-13(11-19)23(21)14-12(10-17)6-4-8-18-14/h4,6,8,13H,5,7,9,11H2,1-3H3/t13-,23-/m1/s1. The minimum Gasteiger partial charge on any atom is -0.444 e. The molecule has 0 N–H and O–H groups in total. The van der Waals surface area contributed by atoms with E-state index in [1.54, 1.807) is 17.0 Å². The molecule has 6 nitrogen and oxygen atoms in total. The Kier molecular flexibility index (Phi) is 5.37. The molecule has 2 rings (SSSR count). The molecule has 0 unspecified atom stereocenters. The van der Waals surface area contributed by atoms with E-state index in [0.717, 1.165) is 12.8 Å². The number of rotatable bonds is 2. The summed E-state index contributed by atoms with van der Waals surface area (Å²) in [5.74, 6) is 0. The fourth-order valence-electron chi connectivity index (χ4n) is 2.40. The third-order valence-corrected chi connectivity index (χ3v) is 5.11. The first-order valence-corrected chi connectivity index (χ1v) is 8.77. The number of hydrogen-bond acceptors (Lipinski definition) is 5. The van der Waals surface area contributed by atoms with Crippen LogP contribution in [0.15, 0.2) is 23.4 Å². The van der Waals surface area contributed by atoms with Gasteiger partial charge in [-0.25, -0.2) is 9.78 Å². The number of ether oxygens (including phenoxy) is 1. The van der Waals surface area contributed by atoms with Crippen molar-refractivity contribution in [3.8, 4) is 6.07 Å². The molecule has 0 bridgehead atoms. The van der Waals surface area contributed by atoms with Gasteiger partial charge in [-0.3, -0.25) is 4.21 Å². The van der Waals surface area contributed by atoms with Crippen molar-refractivity contribution in [2.24, 2.45) is 0 Å². The van der Waals surface area contributed by atoms with Crippen molar-refractivity contribution in [1.82, 2.24) is 9.88 Å². The number of nitrogens with zero attached hydrogens (tertiary/aromatic N) is 3. The van der Waals surface area contributed by atoms with Gasteiger partial charge in [-0.15, -0.1) is 0 Å². The molecule has 0 spiro atoms. The lowest BCUT2D eigenvalue weighted by atomic mass is 10.1. The predicted octanol–water partition coefficient (Wildman–Crippen LogP) is 2.46. The molecule has 1 aromatic heterocycles. The summed E-state index contributed by atoms with van der Waals surface area (Å²) >= 11 is 0. The second-order valence-corrected chi connectivity index (χ2v) is 8.10. The molecule has 1 aliphatic heterocycles. The molecule has 0 aromatic carbocycles. The van der Waals surface area contributed by atoms with E-state index in [1.165, 1.54) is 6.20 Å². The molecule has 1 aromatic rings. The number of hydrogen-bond donors (Lipinski definition) is 0. The van der Waals surface area contributed by atoms with E-state index in [0.29, 0.717) is 23.7 Å². The monoisotopic (exact) mass is 335 g/mol. The van der Waals surface area contributed by atoms with E-state index in [4.69, 9.17) is 10.00 Å². The lowest BCUT2D eigenvalue weighted by Crippen LogP contribution is -2.46. The maximum Gasteiger partial charge on any atom is 0.410 e. The van der Waals surface area contributed by atoms with Crippen LogP contribution in [0.2, 0.25) is 0 Å². The summed E-state index contributed by atoms with van der Waals surface area (Å²) in [7, 11) is -1.42. The molecule has 0 aliphatic carbocycles. The Bertz CT molecular complexity index is 649. The van der Waals surface area contributed by atoms with Gasteiger partial charge >= 0.3 is 6.09 Å². The summed E-state index contributed by atoms with van der Waals surface area (Å²) in [5.41, 5.74) is -0.238. The Hall–Kier alpha value is -1.94. The second kappa shape index (κ2) is 7.09. The fourth-order valence-corrected chi connectivity index (χ4v) is 3.91. The summed E-state index contributed by atoms with van der Waals surface area (Å²) in [6.45, 7) is 6.39. The number of aromatic nitrogens is 1. The normalized spacial score (nSPS) is 19.7. The van der Waals surface area contributed by atoms with Crippen LogP contribution in [0.25, 0.3) is 0 Å². The number of nitriles is 1. The van der Waals surface area contributed by atoms with Gasteiger partial charge in [0.05, 0.1) is 21.6 Å². The molecule has 0 saturated carbocycles. The van der Waals surface area contributed by atoms with Crippen LogP contribution in [0.3, 0.4) is 0 Å². The molecule has 1 amide bonds. The lowest BCUT2D eigenvalue weighted by Gasteiger charge is -2.33. The minimum absolute atomic E-state index is 0.238. The number of pyridine rings is 1. The van der Waals surface area contributed by atoms with E-state index in [2.05, 4.69) is 4.98 Å². The van der Waals surface area contributed by atoms with Crippen molar-refractivity contribution in [1.29, 1.82) is 5.26 Å². The molecule has 0 radical (unpaired) electrons. The van der Waals surface area contributed by atoms with Crippen molar-refractivity contribution in [3.63, 3.8) is 0 Å². The summed E-state index contributed by atoms with van der Waals surface area (Å²) in [6.07, 6.45) is 2.63. The van der Waals surface area contributed by atoms with Gasteiger partial charge < -0.3 is 9.64 Å². The Morgan fingerprint density at radius 2 is 2.26 bits per heavy atom. The minimum atomic E-state index is -1.42. The number of likely N-dealkylation sites (tertiary alicyclic amines) is 1. The first kappa shape index (κ1) is 17.4. The van der Waals surface area contributed by atoms with Crippen LogP contribution in [-0.2, 0) is 15.5 Å². The zero-order valence-electron chi connectivity index (χ0n) is 13.6. The van der Waals surface area contributed by atoms with Gasteiger partial charge in [0.1, 0.15) is 16.7 Å². The quantitative estimate of drug-likeness (QED) is 0.829. The maximum absolute atomic E-state index is 12.8. The summed E-state index contributed by atoms with van der Waals surface area (Å²) in [5, 5.41) is 9.18. The van der Waals surface area contributed by atoms with Crippen LogP contribution in [0.5, 0.6) is 0 Å². The summed E-state index contributed by atoms with van der Waals surface area (Å²) < 4.78 is 18.1. The lowest BCUT2D eigenvalue weighted by molar-refractivity contribution is 0.0219. The average Bonchev–Trinajstić information content (AvgIpc) is 2.52. The smallest absolute Gasteiger partial charge is 0.410 e. The molecular weight excluding hydrogens is 314 g/mol. The van der Waals surface area contributed by atoms with E-state index < -0.39 is 16.4 Å². The Morgan fingerprint density at radius 1 is 1.52 bits per heavy atom. The van der Waals surface area contributed by atoms with Gasteiger partial charge in [0.15, 0.2) is 0 Å². The first-order valence-electron chi connectivity index (χ1n) is 7.55. The van der Waals surface area contributed by atoms with Crippen LogP contribution in [0.4, 0.5) is 4.79 Å². The topological polar surface area (TPSA) is 83.3 Å². The highest BCUT2D eigenvalue weighted by Crippen LogP contribution is 2.22. The van der Waals surface area contributed by atoms with Crippen molar-refractivity contribution in [2.45, 2.75) is 49.5 Å². The van der Waals surface area contributed by atoms with Crippen molar-refractivity contribution in [3.05, 3.63) is 23.9 Å². The van der Waals surface area contributed by atoms with Crippen molar-refractivity contribution >= 4 is 16.9 Å². The molecule has 124 valence electrons. The SMILES string of the molecule is CC(C)(C)OC(=O)N1CCC[C@@H]([S@@](=O)c2ncccc2C#N)C1. The Balaban J connectivity index is 2.11. The average molecular weight is 335 g/mol. The number of carbonyl (C=O) groups is 1. The van der Waals surface area contributed by atoms with E-state index in [9.17, 15) is 9.00 Å². The highest BCUT2D eigenvalue weighted by atomic mass is 32.2. The zero-order valence-corrected chi connectivity index (χ0v) is 14.4. The van der Waals surface area contributed by atoms with Crippen LogP contribution >= 0.6 is 0 Å². The molecule has 23 heavy (non-hydrogen) atoms. The third kappa shape index (κ3) is 4.52. The van der Waals surface area contributed by atoms with Crippen LogP contribution in [-0.4, -0.2) is 44.1 Å². The van der Waals surface area contributed by atoms with Crippen LogP contribution in [0.1, 0.15) is 39.2 Å². The largest absolute Gasteiger partial charge is 0.444 e. The van der Waals surface area contributed by atoms with E-state index >= 15 is 0 Å². The highest BCUT2D eigenvalue weighted by molar-refractivity contribution is 7.85. The Labute approximate surface area is 138 Å². The van der Waals surface area contributed by atoms with Crippen LogP contribution < -0.4 is 0 Å². The second-order valence-electron chi connectivity index (χ2n) is 6.46. The van der Waals surface area contributed by atoms with Gasteiger partial charge in [0, 0.05) is 19.3 Å². The summed E-state index contributed by atoms with van der Waals surface area (Å²) in [6, 6.07) is 5.27. The van der Waals surface area contributed by atoms with E-state index in [-0.39, 0.29) is 11.3 Å². The molecule has 7 heteroatoms. The zero-order chi connectivity index (χ0) is 17.0. The molecule has 1 fully saturated rings.